The van der Waals surface area contributed by atoms with Crippen molar-refractivity contribution >= 4 is 0 Å². The van der Waals surface area contributed by atoms with Crippen LogP contribution < -0.4 is 5.32 Å². The van der Waals surface area contributed by atoms with Crippen LogP contribution in [0.25, 0.3) is 0 Å². The first kappa shape index (κ1) is 11.4. The second-order valence-corrected chi connectivity index (χ2v) is 5.19. The predicted molar refractivity (Wildman–Crippen MR) is 63.0 cm³/mol. The Bertz CT molecular complexity index is 173. The van der Waals surface area contributed by atoms with Gasteiger partial charge in [0.25, 0.3) is 0 Å². The summed E-state index contributed by atoms with van der Waals surface area (Å²) < 4.78 is 5.17. The van der Waals surface area contributed by atoms with Crippen LogP contribution in [0, 0.1) is 11.8 Å². The Hall–Kier alpha value is -0.0800. The molecule has 1 N–H and O–H groups in total. The van der Waals surface area contributed by atoms with E-state index in [1.54, 1.807) is 0 Å². The van der Waals surface area contributed by atoms with Gasteiger partial charge >= 0.3 is 0 Å². The number of hydrogen-bond acceptors (Lipinski definition) is 2. The molecule has 0 spiro atoms. The van der Waals surface area contributed by atoms with Gasteiger partial charge in [0.05, 0.1) is 0 Å². The van der Waals surface area contributed by atoms with Gasteiger partial charge in [-0.25, -0.2) is 0 Å². The standard InChI is InChI=1S/C13H25NO/c1-15-10-4-7-12(13-8-9-14-13)11-5-2-3-6-11/h11-14H,2-10H2,1H3. The van der Waals surface area contributed by atoms with Crippen molar-refractivity contribution in [2.45, 2.75) is 51.0 Å². The molecule has 1 aliphatic carbocycles. The molecular formula is C13H25NO. The lowest BCUT2D eigenvalue weighted by Crippen LogP contribution is -2.49. The highest BCUT2D eigenvalue weighted by molar-refractivity contribution is 4.89. The fourth-order valence-corrected chi connectivity index (χ4v) is 3.29. The van der Waals surface area contributed by atoms with Gasteiger partial charge in [0.1, 0.15) is 0 Å². The van der Waals surface area contributed by atoms with Crippen molar-refractivity contribution in [3.05, 3.63) is 0 Å². The predicted octanol–water partition coefficient (Wildman–Crippen LogP) is 2.58. The summed E-state index contributed by atoms with van der Waals surface area (Å²) in [5, 5.41) is 3.61. The number of ether oxygens (including phenoxy) is 1. The van der Waals surface area contributed by atoms with E-state index in [1.807, 2.05) is 7.11 Å². The molecule has 2 rings (SSSR count). The summed E-state index contributed by atoms with van der Waals surface area (Å²) in [5.74, 6) is 1.95. The van der Waals surface area contributed by atoms with Gasteiger partial charge in [-0.05, 0) is 37.6 Å². The summed E-state index contributed by atoms with van der Waals surface area (Å²) in [7, 11) is 1.81. The first-order valence-electron chi connectivity index (χ1n) is 6.64. The summed E-state index contributed by atoms with van der Waals surface area (Å²) in [6.07, 6.45) is 9.93. The van der Waals surface area contributed by atoms with Crippen molar-refractivity contribution in [1.82, 2.24) is 5.32 Å². The Labute approximate surface area is 93.8 Å². The third-order valence-electron chi connectivity index (χ3n) is 4.27. The van der Waals surface area contributed by atoms with Crippen molar-refractivity contribution in [3.8, 4) is 0 Å². The molecule has 0 bridgehead atoms. The topological polar surface area (TPSA) is 21.3 Å². The molecule has 1 saturated carbocycles. The lowest BCUT2D eigenvalue weighted by molar-refractivity contribution is 0.145. The fourth-order valence-electron chi connectivity index (χ4n) is 3.29. The van der Waals surface area contributed by atoms with Gasteiger partial charge in [0.2, 0.25) is 0 Å². The van der Waals surface area contributed by atoms with Gasteiger partial charge in [-0.3, -0.25) is 0 Å². The Balaban J connectivity index is 1.78. The van der Waals surface area contributed by atoms with Gasteiger partial charge in [0, 0.05) is 19.8 Å². The number of nitrogens with one attached hydrogen (secondary N) is 1. The molecular weight excluding hydrogens is 186 g/mol. The minimum Gasteiger partial charge on any atom is -0.385 e. The van der Waals surface area contributed by atoms with Crippen LogP contribution in [-0.2, 0) is 4.74 Å². The molecule has 2 nitrogen and oxygen atoms in total. The van der Waals surface area contributed by atoms with E-state index in [0.717, 1.165) is 24.5 Å². The van der Waals surface area contributed by atoms with Crippen LogP contribution in [0.2, 0.25) is 0 Å². The maximum Gasteiger partial charge on any atom is 0.0462 e. The van der Waals surface area contributed by atoms with Crippen LogP contribution in [0.3, 0.4) is 0 Å². The Morgan fingerprint density at radius 1 is 1.27 bits per heavy atom. The molecule has 0 radical (unpaired) electrons. The van der Waals surface area contributed by atoms with Gasteiger partial charge in [-0.1, -0.05) is 25.7 Å². The molecule has 1 saturated heterocycles. The molecule has 2 fully saturated rings. The normalized spacial score (nSPS) is 29.0. The van der Waals surface area contributed by atoms with Gasteiger partial charge in [-0.15, -0.1) is 0 Å². The van der Waals surface area contributed by atoms with E-state index >= 15 is 0 Å². The van der Waals surface area contributed by atoms with Crippen LogP contribution >= 0.6 is 0 Å². The first-order valence-corrected chi connectivity index (χ1v) is 6.64. The maximum atomic E-state index is 5.17. The van der Waals surface area contributed by atoms with Crippen molar-refractivity contribution in [3.63, 3.8) is 0 Å². The lowest BCUT2D eigenvalue weighted by Gasteiger charge is -2.38. The van der Waals surface area contributed by atoms with Gasteiger partial charge in [0.15, 0.2) is 0 Å². The van der Waals surface area contributed by atoms with Gasteiger partial charge in [-0.2, -0.15) is 0 Å². The van der Waals surface area contributed by atoms with Crippen molar-refractivity contribution in [1.29, 1.82) is 0 Å². The lowest BCUT2D eigenvalue weighted by atomic mass is 9.78. The molecule has 15 heavy (non-hydrogen) atoms. The SMILES string of the molecule is COCCCC(C1CCCC1)C1CCN1. The van der Waals surface area contributed by atoms with E-state index in [0.29, 0.717) is 0 Å². The summed E-state index contributed by atoms with van der Waals surface area (Å²) in [6, 6.07) is 0.838. The third kappa shape index (κ3) is 2.94. The van der Waals surface area contributed by atoms with E-state index in [-0.39, 0.29) is 0 Å². The molecule has 2 aliphatic rings. The highest BCUT2D eigenvalue weighted by Crippen LogP contribution is 2.37. The number of rotatable bonds is 6. The van der Waals surface area contributed by atoms with Crippen LogP contribution in [0.4, 0.5) is 0 Å². The summed E-state index contributed by atoms with van der Waals surface area (Å²) in [4.78, 5) is 0. The van der Waals surface area contributed by atoms with Crippen molar-refractivity contribution in [2.75, 3.05) is 20.3 Å². The Kier molecular flexibility index (Phi) is 4.45. The van der Waals surface area contributed by atoms with Crippen LogP contribution in [-0.4, -0.2) is 26.3 Å². The summed E-state index contributed by atoms with van der Waals surface area (Å²) >= 11 is 0. The smallest absolute Gasteiger partial charge is 0.0462 e. The Morgan fingerprint density at radius 2 is 2.00 bits per heavy atom. The zero-order chi connectivity index (χ0) is 10.5. The van der Waals surface area contributed by atoms with E-state index in [1.165, 1.54) is 51.5 Å². The summed E-state index contributed by atoms with van der Waals surface area (Å²) in [6.45, 7) is 2.19. The zero-order valence-electron chi connectivity index (χ0n) is 10.0. The van der Waals surface area contributed by atoms with Crippen molar-refractivity contribution < 1.29 is 4.74 Å². The van der Waals surface area contributed by atoms with E-state index < -0.39 is 0 Å². The monoisotopic (exact) mass is 211 g/mol. The number of hydrogen-bond donors (Lipinski definition) is 1. The minimum atomic E-state index is 0.838. The fraction of sp³-hybridized carbons (Fsp3) is 1.00. The zero-order valence-corrected chi connectivity index (χ0v) is 10.0. The maximum absolute atomic E-state index is 5.17. The molecule has 2 heteroatoms. The molecule has 2 unspecified atom stereocenters. The number of methoxy groups -OCH3 is 1. The molecule has 0 aromatic heterocycles. The molecule has 0 amide bonds. The van der Waals surface area contributed by atoms with Crippen LogP contribution in [0.5, 0.6) is 0 Å². The molecule has 0 aromatic rings. The highest BCUT2D eigenvalue weighted by atomic mass is 16.5. The van der Waals surface area contributed by atoms with Crippen molar-refractivity contribution in [2.24, 2.45) is 11.8 Å². The molecule has 88 valence electrons. The van der Waals surface area contributed by atoms with E-state index in [9.17, 15) is 0 Å². The average molecular weight is 211 g/mol. The van der Waals surface area contributed by atoms with E-state index in [4.69, 9.17) is 4.74 Å². The quantitative estimate of drug-likeness (QED) is 0.682. The molecule has 1 heterocycles. The van der Waals surface area contributed by atoms with Crippen LogP contribution in [0.1, 0.15) is 44.9 Å². The average Bonchev–Trinajstić information content (AvgIpc) is 2.66. The van der Waals surface area contributed by atoms with Crippen LogP contribution in [0.15, 0.2) is 0 Å². The largest absolute Gasteiger partial charge is 0.385 e. The van der Waals surface area contributed by atoms with Gasteiger partial charge < -0.3 is 10.1 Å². The second-order valence-electron chi connectivity index (χ2n) is 5.19. The summed E-state index contributed by atoms with van der Waals surface area (Å²) in [5.41, 5.74) is 0. The second kappa shape index (κ2) is 5.86. The molecule has 0 aromatic carbocycles. The molecule has 1 aliphatic heterocycles. The molecule has 2 atom stereocenters. The van der Waals surface area contributed by atoms with E-state index in [2.05, 4.69) is 5.32 Å². The Morgan fingerprint density at radius 3 is 2.53 bits per heavy atom. The first-order chi connectivity index (χ1) is 7.42. The highest BCUT2D eigenvalue weighted by Gasteiger charge is 2.33. The minimum absolute atomic E-state index is 0.838. The third-order valence-corrected chi connectivity index (χ3v) is 4.27.